The summed E-state index contributed by atoms with van der Waals surface area (Å²) in [6.07, 6.45) is 3.59. The smallest absolute Gasteiger partial charge is 0.142 e. The first-order chi connectivity index (χ1) is 11.3. The van der Waals surface area contributed by atoms with Crippen molar-refractivity contribution in [1.82, 2.24) is 15.3 Å². The van der Waals surface area contributed by atoms with E-state index in [9.17, 15) is 4.39 Å². The molecule has 0 unspecified atom stereocenters. The van der Waals surface area contributed by atoms with Crippen molar-refractivity contribution in [1.29, 1.82) is 0 Å². The number of benzene rings is 1. The number of aliphatic hydroxyl groups is 1. The fourth-order valence-corrected chi connectivity index (χ4v) is 3.04. The molecule has 0 atom stereocenters. The molecule has 0 spiro atoms. The number of thiazole rings is 1. The van der Waals surface area contributed by atoms with Gasteiger partial charge in [-0.25, -0.2) is 9.37 Å². The van der Waals surface area contributed by atoms with Crippen molar-refractivity contribution in [2.45, 2.75) is 19.7 Å². The van der Waals surface area contributed by atoms with Crippen LogP contribution in [0.15, 0.2) is 48.8 Å². The number of pyridine rings is 1. The lowest BCUT2D eigenvalue weighted by Gasteiger charge is -2.06. The molecule has 23 heavy (non-hydrogen) atoms. The Kier molecular flexibility index (Phi) is 5.07. The number of nitrogens with zero attached hydrogens (tertiary/aromatic N) is 2. The minimum absolute atomic E-state index is 0.290. The van der Waals surface area contributed by atoms with E-state index in [0.29, 0.717) is 18.7 Å². The van der Waals surface area contributed by atoms with Gasteiger partial charge in [0, 0.05) is 35.9 Å². The lowest BCUT2D eigenvalue weighted by molar-refractivity contribution is 0.275. The second-order valence-electron chi connectivity index (χ2n) is 5.03. The van der Waals surface area contributed by atoms with Crippen LogP contribution < -0.4 is 5.32 Å². The predicted octanol–water partition coefficient (Wildman–Crippen LogP) is 3.13. The van der Waals surface area contributed by atoms with Crippen LogP contribution in [0.2, 0.25) is 0 Å². The van der Waals surface area contributed by atoms with Gasteiger partial charge in [-0.05, 0) is 29.8 Å². The van der Waals surface area contributed by atoms with E-state index >= 15 is 0 Å². The molecule has 0 radical (unpaired) electrons. The van der Waals surface area contributed by atoms with Gasteiger partial charge >= 0.3 is 0 Å². The Morgan fingerprint density at radius 3 is 2.83 bits per heavy atom. The van der Waals surface area contributed by atoms with Gasteiger partial charge in [0.2, 0.25) is 0 Å². The number of nitrogens with one attached hydrogen (secondary N) is 1. The lowest BCUT2D eigenvalue weighted by atomic mass is 10.1. The molecule has 3 aromatic rings. The highest BCUT2D eigenvalue weighted by Crippen LogP contribution is 2.23. The van der Waals surface area contributed by atoms with Crippen molar-refractivity contribution < 1.29 is 9.50 Å². The zero-order valence-corrected chi connectivity index (χ0v) is 13.2. The molecule has 118 valence electrons. The minimum atomic E-state index is -0.376. The molecule has 0 aliphatic carbocycles. The molecular weight excluding hydrogens is 313 g/mol. The summed E-state index contributed by atoms with van der Waals surface area (Å²) in [7, 11) is 0. The van der Waals surface area contributed by atoms with E-state index in [1.165, 1.54) is 6.07 Å². The lowest BCUT2D eigenvalue weighted by Crippen LogP contribution is -2.12. The molecule has 2 N–H and O–H groups in total. The molecule has 0 bridgehead atoms. The van der Waals surface area contributed by atoms with E-state index in [2.05, 4.69) is 15.3 Å². The van der Waals surface area contributed by atoms with Crippen LogP contribution in [0.1, 0.15) is 16.0 Å². The molecule has 3 rings (SSSR count). The van der Waals surface area contributed by atoms with Crippen molar-refractivity contribution in [3.8, 4) is 10.7 Å². The topological polar surface area (TPSA) is 58.0 Å². The van der Waals surface area contributed by atoms with Crippen LogP contribution in [0.3, 0.4) is 0 Å². The van der Waals surface area contributed by atoms with E-state index in [4.69, 9.17) is 5.11 Å². The third-order valence-electron chi connectivity index (χ3n) is 3.35. The highest BCUT2D eigenvalue weighted by Gasteiger charge is 2.06. The molecule has 0 aliphatic rings. The maximum atomic E-state index is 13.3. The first-order valence-electron chi connectivity index (χ1n) is 7.21. The Balaban J connectivity index is 1.58. The van der Waals surface area contributed by atoms with Gasteiger partial charge in [-0.2, -0.15) is 0 Å². The quantitative estimate of drug-likeness (QED) is 0.729. The second-order valence-corrected chi connectivity index (χ2v) is 6.15. The summed E-state index contributed by atoms with van der Waals surface area (Å²) in [5.74, 6) is -0.376. The van der Waals surface area contributed by atoms with Gasteiger partial charge in [-0.15, -0.1) is 11.3 Å². The van der Waals surface area contributed by atoms with E-state index in [1.807, 2.05) is 24.4 Å². The first-order valence-corrected chi connectivity index (χ1v) is 8.03. The van der Waals surface area contributed by atoms with Crippen LogP contribution in [-0.2, 0) is 19.7 Å². The van der Waals surface area contributed by atoms with Gasteiger partial charge in [-0.3, -0.25) is 4.98 Å². The maximum Gasteiger partial charge on any atom is 0.142 e. The largest absolute Gasteiger partial charge is 0.392 e. The number of aromatic nitrogens is 2. The number of halogens is 1. The fraction of sp³-hybridized carbons (Fsp3) is 0.176. The standard InChI is InChI=1S/C17H16FN3OS/c18-15-5-4-12(7-13(15)11-22)8-19-9-14-10-21-17(23-14)16-3-1-2-6-20-16/h1-7,10,19,22H,8-9,11H2. The van der Waals surface area contributed by atoms with Crippen molar-refractivity contribution in [3.05, 3.63) is 70.6 Å². The maximum absolute atomic E-state index is 13.3. The summed E-state index contributed by atoms with van der Waals surface area (Å²) in [6, 6.07) is 10.5. The molecule has 2 heterocycles. The Hall–Kier alpha value is -2.15. The fourth-order valence-electron chi connectivity index (χ4n) is 2.19. The molecule has 2 aromatic heterocycles. The summed E-state index contributed by atoms with van der Waals surface area (Å²) < 4.78 is 13.3. The van der Waals surface area contributed by atoms with Crippen LogP contribution in [0.4, 0.5) is 4.39 Å². The van der Waals surface area contributed by atoms with Crippen molar-refractivity contribution >= 4 is 11.3 Å². The van der Waals surface area contributed by atoms with Crippen molar-refractivity contribution in [2.75, 3.05) is 0 Å². The van der Waals surface area contributed by atoms with Crippen LogP contribution in [0.5, 0.6) is 0 Å². The summed E-state index contributed by atoms with van der Waals surface area (Å²) in [4.78, 5) is 9.78. The molecule has 0 saturated carbocycles. The van der Waals surface area contributed by atoms with Gasteiger partial charge in [0.15, 0.2) is 0 Å². The van der Waals surface area contributed by atoms with Crippen LogP contribution in [0, 0.1) is 5.82 Å². The zero-order chi connectivity index (χ0) is 16.1. The first kappa shape index (κ1) is 15.7. The van der Waals surface area contributed by atoms with E-state index in [-0.39, 0.29) is 12.4 Å². The summed E-state index contributed by atoms with van der Waals surface area (Å²) in [5.41, 5.74) is 2.12. The Bertz CT molecular complexity index is 777. The number of aliphatic hydroxyl groups excluding tert-OH is 1. The molecule has 0 aliphatic heterocycles. The van der Waals surface area contributed by atoms with E-state index in [1.54, 1.807) is 29.7 Å². The summed E-state index contributed by atoms with van der Waals surface area (Å²) in [6.45, 7) is 0.988. The van der Waals surface area contributed by atoms with Gasteiger partial charge in [0.05, 0.1) is 12.3 Å². The molecular formula is C17H16FN3OS. The summed E-state index contributed by atoms with van der Waals surface area (Å²) >= 11 is 1.60. The predicted molar refractivity (Wildman–Crippen MR) is 88.2 cm³/mol. The van der Waals surface area contributed by atoms with Crippen molar-refractivity contribution in [3.63, 3.8) is 0 Å². The monoisotopic (exact) mass is 329 g/mol. The SMILES string of the molecule is OCc1cc(CNCc2cnc(-c3ccccn3)s2)ccc1F. The molecule has 6 heteroatoms. The van der Waals surface area contributed by atoms with Gasteiger partial charge < -0.3 is 10.4 Å². The highest BCUT2D eigenvalue weighted by molar-refractivity contribution is 7.14. The molecule has 0 saturated heterocycles. The van der Waals surface area contributed by atoms with E-state index in [0.717, 1.165) is 21.1 Å². The number of hydrogen-bond acceptors (Lipinski definition) is 5. The molecule has 1 aromatic carbocycles. The summed E-state index contributed by atoms with van der Waals surface area (Å²) in [5, 5.41) is 13.3. The molecule has 0 fully saturated rings. The third-order valence-corrected chi connectivity index (χ3v) is 4.37. The van der Waals surface area contributed by atoms with Crippen LogP contribution in [0.25, 0.3) is 10.7 Å². The van der Waals surface area contributed by atoms with Gasteiger partial charge in [0.25, 0.3) is 0 Å². The number of hydrogen-bond donors (Lipinski definition) is 2. The van der Waals surface area contributed by atoms with Crippen molar-refractivity contribution in [2.24, 2.45) is 0 Å². The second kappa shape index (κ2) is 7.41. The third kappa shape index (κ3) is 3.98. The molecule has 0 amide bonds. The van der Waals surface area contributed by atoms with Gasteiger partial charge in [-0.1, -0.05) is 12.1 Å². The molecule has 4 nitrogen and oxygen atoms in total. The van der Waals surface area contributed by atoms with Crippen LogP contribution in [-0.4, -0.2) is 15.1 Å². The zero-order valence-electron chi connectivity index (χ0n) is 12.4. The highest BCUT2D eigenvalue weighted by atomic mass is 32.1. The normalized spacial score (nSPS) is 10.9. The Labute approximate surface area is 137 Å². The van der Waals surface area contributed by atoms with E-state index < -0.39 is 0 Å². The minimum Gasteiger partial charge on any atom is -0.392 e. The van der Waals surface area contributed by atoms with Gasteiger partial charge in [0.1, 0.15) is 10.8 Å². The van der Waals surface area contributed by atoms with Crippen LogP contribution >= 0.6 is 11.3 Å². The Morgan fingerprint density at radius 2 is 2.04 bits per heavy atom. The Morgan fingerprint density at radius 1 is 1.13 bits per heavy atom. The average molecular weight is 329 g/mol. The average Bonchev–Trinajstić information content (AvgIpc) is 3.06. The number of rotatable bonds is 6.